The molecule has 12 heavy (non-hydrogen) atoms. The third kappa shape index (κ3) is 1.43. The third-order valence-electron chi connectivity index (χ3n) is 3.19. The quantitative estimate of drug-likeness (QED) is 0.513. The highest BCUT2D eigenvalue weighted by atomic mass is 16.1. The number of hydrogen-bond donors (Lipinski definition) is 0. The molecule has 2 aliphatic rings. The van der Waals surface area contributed by atoms with Gasteiger partial charge in [-0.15, -0.1) is 0 Å². The van der Waals surface area contributed by atoms with Crippen LogP contribution in [0.2, 0.25) is 0 Å². The van der Waals surface area contributed by atoms with Gasteiger partial charge in [-0.1, -0.05) is 6.42 Å². The Balaban J connectivity index is 2.12. The summed E-state index contributed by atoms with van der Waals surface area (Å²) in [4.78, 5) is 22.4. The number of rotatable bonds is 0. The number of Topliss-reactive ketones (excluding diaryl/α,β-unsaturated/α-hetero) is 2. The van der Waals surface area contributed by atoms with Crippen molar-refractivity contribution < 1.29 is 9.59 Å². The van der Waals surface area contributed by atoms with Crippen molar-refractivity contribution in [2.45, 2.75) is 38.5 Å². The van der Waals surface area contributed by atoms with Crippen LogP contribution in [0.25, 0.3) is 0 Å². The molecule has 66 valence electrons. The van der Waals surface area contributed by atoms with Crippen LogP contribution in [-0.4, -0.2) is 11.6 Å². The van der Waals surface area contributed by atoms with Crippen molar-refractivity contribution in [2.75, 3.05) is 0 Å². The largest absolute Gasteiger partial charge is 0.299 e. The molecule has 2 heteroatoms. The summed E-state index contributed by atoms with van der Waals surface area (Å²) < 4.78 is 0. The van der Waals surface area contributed by atoms with E-state index in [-0.39, 0.29) is 18.0 Å². The lowest BCUT2D eigenvalue weighted by Crippen LogP contribution is -2.08. The van der Waals surface area contributed by atoms with E-state index in [4.69, 9.17) is 0 Å². The van der Waals surface area contributed by atoms with Crippen LogP contribution in [0.5, 0.6) is 0 Å². The molecule has 0 saturated heterocycles. The molecule has 0 unspecified atom stereocenters. The Bertz CT molecular complexity index is 198. The summed E-state index contributed by atoms with van der Waals surface area (Å²) in [6, 6.07) is 0. The van der Waals surface area contributed by atoms with Crippen molar-refractivity contribution in [3.8, 4) is 0 Å². The molecule has 0 aromatic rings. The zero-order valence-electron chi connectivity index (χ0n) is 7.21. The molecule has 0 heterocycles. The smallest absolute Gasteiger partial charge is 0.140 e. The standard InChI is InChI=1S/C10H14O2/c11-9-4-7-2-1-3-8(7)5-10(12)6-9/h7-8H,1-6H2/t7-,8+. The Hall–Kier alpha value is -0.660. The van der Waals surface area contributed by atoms with E-state index >= 15 is 0 Å². The minimum atomic E-state index is 0.175. The van der Waals surface area contributed by atoms with Crippen LogP contribution in [0.15, 0.2) is 0 Å². The molecule has 2 rings (SSSR count). The summed E-state index contributed by atoms with van der Waals surface area (Å²) in [6.07, 6.45) is 5.13. The zero-order chi connectivity index (χ0) is 8.55. The van der Waals surface area contributed by atoms with Crippen molar-refractivity contribution in [3.63, 3.8) is 0 Å². The highest BCUT2D eigenvalue weighted by Crippen LogP contribution is 2.38. The van der Waals surface area contributed by atoms with E-state index in [9.17, 15) is 9.59 Å². The van der Waals surface area contributed by atoms with Crippen molar-refractivity contribution >= 4 is 11.6 Å². The number of carbonyl (C=O) groups excluding carboxylic acids is 2. The predicted octanol–water partition coefficient (Wildman–Crippen LogP) is 1.72. The molecular weight excluding hydrogens is 152 g/mol. The van der Waals surface area contributed by atoms with Gasteiger partial charge in [0.05, 0.1) is 6.42 Å². The van der Waals surface area contributed by atoms with Gasteiger partial charge in [0.1, 0.15) is 11.6 Å². The maximum atomic E-state index is 11.2. The first-order valence-corrected chi connectivity index (χ1v) is 4.79. The fourth-order valence-electron chi connectivity index (χ4n) is 2.60. The summed E-state index contributed by atoms with van der Waals surface area (Å²) in [5, 5.41) is 0. The van der Waals surface area contributed by atoms with Crippen LogP contribution >= 0.6 is 0 Å². The highest BCUT2D eigenvalue weighted by molar-refractivity contribution is 6.00. The first-order chi connectivity index (χ1) is 5.75. The predicted molar refractivity (Wildman–Crippen MR) is 44.7 cm³/mol. The number of fused-ring (bicyclic) bond motifs is 1. The summed E-state index contributed by atoms with van der Waals surface area (Å²) >= 11 is 0. The average molecular weight is 166 g/mol. The third-order valence-corrected chi connectivity index (χ3v) is 3.19. The second-order valence-electron chi connectivity index (χ2n) is 4.11. The molecule has 0 bridgehead atoms. The van der Waals surface area contributed by atoms with Crippen molar-refractivity contribution in [1.82, 2.24) is 0 Å². The molecule has 0 aromatic carbocycles. The SMILES string of the molecule is O=C1CC(=O)C[C@@H]2CCC[C@@H]2C1. The fourth-order valence-corrected chi connectivity index (χ4v) is 2.60. The van der Waals surface area contributed by atoms with Gasteiger partial charge in [-0.05, 0) is 24.7 Å². The molecule has 0 amide bonds. The Labute approximate surface area is 72.3 Å². The molecule has 2 atom stereocenters. The summed E-state index contributed by atoms with van der Waals surface area (Å²) in [5.41, 5.74) is 0. The van der Waals surface area contributed by atoms with Gasteiger partial charge in [0.15, 0.2) is 0 Å². The lowest BCUT2D eigenvalue weighted by Gasteiger charge is -2.12. The van der Waals surface area contributed by atoms with Gasteiger partial charge in [0.2, 0.25) is 0 Å². The van der Waals surface area contributed by atoms with Crippen LogP contribution in [0, 0.1) is 11.8 Å². The van der Waals surface area contributed by atoms with Crippen LogP contribution in [0.4, 0.5) is 0 Å². The minimum Gasteiger partial charge on any atom is -0.299 e. The summed E-state index contributed by atoms with van der Waals surface area (Å²) in [7, 11) is 0. The molecule has 2 aliphatic carbocycles. The van der Waals surface area contributed by atoms with Crippen molar-refractivity contribution in [1.29, 1.82) is 0 Å². The van der Waals surface area contributed by atoms with E-state index in [0.717, 1.165) is 0 Å². The van der Waals surface area contributed by atoms with E-state index in [2.05, 4.69) is 0 Å². The average Bonchev–Trinajstić information content (AvgIpc) is 2.31. The maximum absolute atomic E-state index is 11.2. The molecular formula is C10H14O2. The Kier molecular flexibility index (Phi) is 1.99. The van der Waals surface area contributed by atoms with Gasteiger partial charge >= 0.3 is 0 Å². The molecule has 2 saturated carbocycles. The molecule has 0 N–H and O–H groups in total. The minimum absolute atomic E-state index is 0.175. The molecule has 0 aliphatic heterocycles. The number of hydrogen-bond acceptors (Lipinski definition) is 2. The van der Waals surface area contributed by atoms with Crippen LogP contribution in [0.1, 0.15) is 38.5 Å². The fraction of sp³-hybridized carbons (Fsp3) is 0.800. The Morgan fingerprint density at radius 3 is 1.92 bits per heavy atom. The van der Waals surface area contributed by atoms with Gasteiger partial charge in [-0.2, -0.15) is 0 Å². The Morgan fingerprint density at radius 2 is 1.42 bits per heavy atom. The normalized spacial score (nSPS) is 36.3. The molecule has 2 fully saturated rings. The van der Waals surface area contributed by atoms with Gasteiger partial charge in [0.25, 0.3) is 0 Å². The topological polar surface area (TPSA) is 34.1 Å². The van der Waals surface area contributed by atoms with Crippen LogP contribution in [0.3, 0.4) is 0 Å². The molecule has 0 aromatic heterocycles. The van der Waals surface area contributed by atoms with Crippen LogP contribution in [-0.2, 0) is 9.59 Å². The second kappa shape index (κ2) is 3.00. The molecule has 0 radical (unpaired) electrons. The lowest BCUT2D eigenvalue weighted by molar-refractivity contribution is -0.126. The van der Waals surface area contributed by atoms with Crippen molar-refractivity contribution in [3.05, 3.63) is 0 Å². The lowest BCUT2D eigenvalue weighted by atomic mass is 9.91. The van der Waals surface area contributed by atoms with Gasteiger partial charge in [-0.3, -0.25) is 9.59 Å². The summed E-state index contributed by atoms with van der Waals surface area (Å²) in [5.74, 6) is 1.44. The van der Waals surface area contributed by atoms with E-state index < -0.39 is 0 Å². The van der Waals surface area contributed by atoms with E-state index in [1.54, 1.807) is 0 Å². The number of carbonyl (C=O) groups is 2. The maximum Gasteiger partial charge on any atom is 0.140 e. The Morgan fingerprint density at radius 1 is 0.917 bits per heavy atom. The van der Waals surface area contributed by atoms with E-state index in [0.29, 0.717) is 24.7 Å². The summed E-state index contributed by atoms with van der Waals surface area (Å²) in [6.45, 7) is 0. The van der Waals surface area contributed by atoms with Gasteiger partial charge in [0, 0.05) is 12.8 Å². The first-order valence-electron chi connectivity index (χ1n) is 4.79. The van der Waals surface area contributed by atoms with Crippen LogP contribution < -0.4 is 0 Å². The monoisotopic (exact) mass is 166 g/mol. The molecule has 2 nitrogen and oxygen atoms in total. The van der Waals surface area contributed by atoms with E-state index in [1.165, 1.54) is 19.3 Å². The number of ketones is 2. The van der Waals surface area contributed by atoms with Gasteiger partial charge in [-0.25, -0.2) is 0 Å². The first kappa shape index (κ1) is 7.96. The highest BCUT2D eigenvalue weighted by Gasteiger charge is 2.33. The molecule has 0 spiro atoms. The van der Waals surface area contributed by atoms with Gasteiger partial charge < -0.3 is 0 Å². The second-order valence-corrected chi connectivity index (χ2v) is 4.11. The van der Waals surface area contributed by atoms with Crippen molar-refractivity contribution in [2.24, 2.45) is 11.8 Å². The van der Waals surface area contributed by atoms with E-state index in [1.807, 2.05) is 0 Å². The zero-order valence-corrected chi connectivity index (χ0v) is 7.21.